The molecule has 0 unspecified atom stereocenters. The number of aromatic nitrogens is 2. The van der Waals surface area contributed by atoms with Gasteiger partial charge in [-0.15, -0.1) is 0 Å². The van der Waals surface area contributed by atoms with Crippen molar-refractivity contribution in [3.8, 4) is 5.75 Å². The maximum Gasteiger partial charge on any atom is 0.251 e. The molecule has 2 heterocycles. The SMILES string of the molecule is CC(C)COCCCNC(=O)c1cccc(OCc2cn3ccccc3n2)c1. The normalized spacial score (nSPS) is 11.1. The van der Waals surface area contributed by atoms with Gasteiger partial charge in [0.25, 0.3) is 5.91 Å². The van der Waals surface area contributed by atoms with Crippen molar-refractivity contribution in [2.24, 2.45) is 5.92 Å². The van der Waals surface area contributed by atoms with Crippen LogP contribution in [0.5, 0.6) is 5.75 Å². The molecule has 0 aliphatic rings. The summed E-state index contributed by atoms with van der Waals surface area (Å²) in [6, 6.07) is 13.0. The molecule has 0 aliphatic heterocycles. The molecule has 1 aromatic carbocycles. The van der Waals surface area contributed by atoms with E-state index in [1.54, 1.807) is 12.1 Å². The number of benzene rings is 1. The summed E-state index contributed by atoms with van der Waals surface area (Å²) >= 11 is 0. The van der Waals surface area contributed by atoms with E-state index in [9.17, 15) is 4.79 Å². The average molecular weight is 381 g/mol. The van der Waals surface area contributed by atoms with Crippen LogP contribution >= 0.6 is 0 Å². The number of carbonyl (C=O) groups excluding carboxylic acids is 1. The zero-order valence-corrected chi connectivity index (χ0v) is 16.4. The lowest BCUT2D eigenvalue weighted by atomic mass is 10.2. The molecule has 148 valence electrons. The van der Waals surface area contributed by atoms with Crippen molar-refractivity contribution in [3.05, 3.63) is 66.1 Å². The molecular formula is C22H27N3O3. The number of rotatable bonds is 10. The number of hydrogen-bond donors (Lipinski definition) is 1. The van der Waals surface area contributed by atoms with Gasteiger partial charge in [-0.25, -0.2) is 4.98 Å². The van der Waals surface area contributed by atoms with Gasteiger partial charge < -0.3 is 19.2 Å². The monoisotopic (exact) mass is 381 g/mol. The van der Waals surface area contributed by atoms with Gasteiger partial charge >= 0.3 is 0 Å². The van der Waals surface area contributed by atoms with Crippen LogP contribution in [-0.4, -0.2) is 35.1 Å². The van der Waals surface area contributed by atoms with E-state index in [2.05, 4.69) is 24.1 Å². The minimum atomic E-state index is -0.109. The van der Waals surface area contributed by atoms with Crippen LogP contribution in [0.1, 0.15) is 36.3 Å². The number of pyridine rings is 1. The Hall–Kier alpha value is -2.86. The molecule has 1 N–H and O–H groups in total. The number of nitrogens with one attached hydrogen (secondary N) is 1. The molecule has 0 radical (unpaired) electrons. The summed E-state index contributed by atoms with van der Waals surface area (Å²) in [4.78, 5) is 16.8. The topological polar surface area (TPSA) is 64.9 Å². The van der Waals surface area contributed by atoms with Gasteiger partial charge in [0.15, 0.2) is 0 Å². The Morgan fingerprint density at radius 2 is 2.11 bits per heavy atom. The van der Waals surface area contributed by atoms with Gasteiger partial charge in [-0.3, -0.25) is 4.79 Å². The Labute approximate surface area is 165 Å². The number of fused-ring (bicyclic) bond motifs is 1. The second kappa shape index (κ2) is 9.90. The highest BCUT2D eigenvalue weighted by Gasteiger charge is 2.07. The molecule has 0 saturated carbocycles. The van der Waals surface area contributed by atoms with Gasteiger partial charge in [-0.05, 0) is 42.7 Å². The first-order chi connectivity index (χ1) is 13.6. The summed E-state index contributed by atoms with van der Waals surface area (Å²) in [5.41, 5.74) is 2.30. The first kappa shape index (κ1) is 19.9. The summed E-state index contributed by atoms with van der Waals surface area (Å²) in [5.74, 6) is 1.06. The number of ether oxygens (including phenoxy) is 2. The van der Waals surface area contributed by atoms with Crippen LogP contribution in [0.2, 0.25) is 0 Å². The molecule has 6 nitrogen and oxygen atoms in total. The second-order valence-electron chi connectivity index (χ2n) is 7.09. The molecule has 0 bridgehead atoms. The van der Waals surface area contributed by atoms with Gasteiger partial charge in [-0.1, -0.05) is 26.0 Å². The van der Waals surface area contributed by atoms with E-state index in [0.29, 0.717) is 37.0 Å². The third-order valence-corrected chi connectivity index (χ3v) is 4.10. The molecule has 0 atom stereocenters. The van der Waals surface area contributed by atoms with Gasteiger partial charge in [0, 0.05) is 37.7 Å². The largest absolute Gasteiger partial charge is 0.487 e. The van der Waals surface area contributed by atoms with Crippen LogP contribution in [0.4, 0.5) is 0 Å². The van der Waals surface area contributed by atoms with E-state index < -0.39 is 0 Å². The highest BCUT2D eigenvalue weighted by Crippen LogP contribution is 2.15. The van der Waals surface area contributed by atoms with Crippen LogP contribution in [0.25, 0.3) is 5.65 Å². The standard InChI is InChI=1S/C22H27N3O3/c1-17(2)15-27-12-6-10-23-22(26)18-7-5-8-20(13-18)28-16-19-14-25-11-4-3-9-21(25)24-19/h3-5,7-9,11,13-14,17H,6,10,12,15-16H2,1-2H3,(H,23,26). The smallest absolute Gasteiger partial charge is 0.251 e. The Balaban J connectivity index is 1.47. The Morgan fingerprint density at radius 1 is 1.21 bits per heavy atom. The van der Waals surface area contributed by atoms with Crippen LogP contribution in [0.15, 0.2) is 54.9 Å². The molecule has 28 heavy (non-hydrogen) atoms. The first-order valence-electron chi connectivity index (χ1n) is 9.63. The first-order valence-corrected chi connectivity index (χ1v) is 9.63. The van der Waals surface area contributed by atoms with Crippen LogP contribution in [0.3, 0.4) is 0 Å². The third-order valence-electron chi connectivity index (χ3n) is 4.10. The fraction of sp³-hybridized carbons (Fsp3) is 0.364. The number of amides is 1. The van der Waals surface area contributed by atoms with Crippen LogP contribution < -0.4 is 10.1 Å². The summed E-state index contributed by atoms with van der Waals surface area (Å²) in [6.45, 7) is 6.57. The minimum Gasteiger partial charge on any atom is -0.487 e. The van der Waals surface area contributed by atoms with E-state index in [0.717, 1.165) is 24.4 Å². The Morgan fingerprint density at radius 3 is 2.93 bits per heavy atom. The van der Waals surface area contributed by atoms with Gasteiger partial charge in [0.1, 0.15) is 18.0 Å². The van der Waals surface area contributed by atoms with Crippen molar-refractivity contribution in [3.63, 3.8) is 0 Å². The van der Waals surface area contributed by atoms with Gasteiger partial charge in [-0.2, -0.15) is 0 Å². The highest BCUT2D eigenvalue weighted by atomic mass is 16.5. The molecular weight excluding hydrogens is 354 g/mol. The van der Waals surface area contributed by atoms with Crippen LogP contribution in [0, 0.1) is 5.92 Å². The molecule has 0 aliphatic carbocycles. The predicted octanol–water partition coefficient (Wildman–Crippen LogP) is 3.71. The maximum absolute atomic E-state index is 12.3. The van der Waals surface area contributed by atoms with Crippen molar-refractivity contribution in [1.82, 2.24) is 14.7 Å². The molecule has 0 saturated heterocycles. The molecule has 3 aromatic rings. The van der Waals surface area contributed by atoms with Crippen LogP contribution in [-0.2, 0) is 11.3 Å². The summed E-state index contributed by atoms with van der Waals surface area (Å²) in [7, 11) is 0. The van der Waals surface area contributed by atoms with Gasteiger partial charge in [0.2, 0.25) is 0 Å². The molecule has 0 spiro atoms. The van der Waals surface area contributed by atoms with Gasteiger partial charge in [0.05, 0.1) is 5.69 Å². The van der Waals surface area contributed by atoms with Crippen molar-refractivity contribution in [1.29, 1.82) is 0 Å². The lowest BCUT2D eigenvalue weighted by molar-refractivity contribution is 0.0924. The fourth-order valence-corrected chi connectivity index (χ4v) is 2.74. The summed E-state index contributed by atoms with van der Waals surface area (Å²) in [6.07, 6.45) is 4.68. The zero-order chi connectivity index (χ0) is 19.8. The summed E-state index contributed by atoms with van der Waals surface area (Å²) < 4.78 is 13.3. The summed E-state index contributed by atoms with van der Waals surface area (Å²) in [5, 5.41) is 2.92. The predicted molar refractivity (Wildman–Crippen MR) is 109 cm³/mol. The lowest BCUT2D eigenvalue weighted by Gasteiger charge is -2.09. The third kappa shape index (κ3) is 5.82. The maximum atomic E-state index is 12.3. The van der Waals surface area contributed by atoms with Crippen molar-refractivity contribution >= 4 is 11.6 Å². The van der Waals surface area contributed by atoms with E-state index in [4.69, 9.17) is 9.47 Å². The number of hydrogen-bond acceptors (Lipinski definition) is 4. The molecule has 2 aromatic heterocycles. The Kier molecular flexibility index (Phi) is 7.03. The molecule has 6 heteroatoms. The number of carbonyl (C=O) groups is 1. The number of imidazole rings is 1. The number of nitrogens with zero attached hydrogens (tertiary/aromatic N) is 2. The molecule has 1 amide bonds. The second-order valence-corrected chi connectivity index (χ2v) is 7.09. The quantitative estimate of drug-likeness (QED) is 0.544. The zero-order valence-electron chi connectivity index (χ0n) is 16.4. The highest BCUT2D eigenvalue weighted by molar-refractivity contribution is 5.94. The van der Waals surface area contributed by atoms with E-state index in [1.165, 1.54) is 0 Å². The van der Waals surface area contributed by atoms with Crippen molar-refractivity contribution in [2.45, 2.75) is 26.9 Å². The molecule has 0 fully saturated rings. The Bertz CT molecular complexity index is 872. The molecule has 3 rings (SSSR count). The fourth-order valence-electron chi connectivity index (χ4n) is 2.74. The van der Waals surface area contributed by atoms with Crippen molar-refractivity contribution in [2.75, 3.05) is 19.8 Å². The van der Waals surface area contributed by atoms with E-state index >= 15 is 0 Å². The van der Waals surface area contributed by atoms with E-state index in [-0.39, 0.29) is 5.91 Å². The average Bonchev–Trinajstić information content (AvgIpc) is 3.12. The minimum absolute atomic E-state index is 0.109. The lowest BCUT2D eigenvalue weighted by Crippen LogP contribution is -2.25. The van der Waals surface area contributed by atoms with E-state index in [1.807, 2.05) is 47.1 Å². The van der Waals surface area contributed by atoms with Crippen molar-refractivity contribution < 1.29 is 14.3 Å².